The van der Waals surface area contributed by atoms with Crippen LogP contribution in [0.2, 0.25) is 0 Å². The van der Waals surface area contributed by atoms with Gasteiger partial charge in [-0.3, -0.25) is 9.59 Å². The Morgan fingerprint density at radius 2 is 2.00 bits per heavy atom. The first-order chi connectivity index (χ1) is 12.0. The average Bonchev–Trinajstić information content (AvgIpc) is 3.15. The molecule has 1 aliphatic carbocycles. The number of thiophene rings is 1. The monoisotopic (exact) mass is 352 g/mol. The van der Waals surface area contributed by atoms with Gasteiger partial charge in [-0.05, 0) is 55.9 Å². The van der Waals surface area contributed by atoms with Crippen LogP contribution in [0.4, 0.5) is 5.00 Å². The summed E-state index contributed by atoms with van der Waals surface area (Å²) in [6, 6.07) is 7.81. The Labute approximate surface area is 151 Å². The number of amides is 1. The van der Waals surface area contributed by atoms with Crippen LogP contribution in [0.5, 0.6) is 0 Å². The molecule has 2 aromatic rings. The highest BCUT2D eigenvalue weighted by atomic mass is 32.1. The molecular formula is C20H20N2O2S. The van der Waals surface area contributed by atoms with Crippen molar-refractivity contribution >= 4 is 28.0 Å². The number of nitrogens with one attached hydrogen (secondary N) is 1. The van der Waals surface area contributed by atoms with Crippen LogP contribution in [0.15, 0.2) is 18.2 Å². The molecule has 128 valence electrons. The number of benzene rings is 1. The number of nitrogens with zero attached hydrogens (tertiary/aromatic N) is 1. The molecule has 0 aliphatic heterocycles. The first-order valence-corrected chi connectivity index (χ1v) is 9.26. The van der Waals surface area contributed by atoms with Gasteiger partial charge in [-0.15, -0.1) is 11.3 Å². The summed E-state index contributed by atoms with van der Waals surface area (Å²) >= 11 is 1.50. The maximum absolute atomic E-state index is 12.3. The van der Waals surface area contributed by atoms with Crippen molar-refractivity contribution in [3.8, 4) is 6.07 Å². The minimum absolute atomic E-state index is 0.0348. The minimum Gasteiger partial charge on any atom is -0.317 e. The number of nitriles is 1. The van der Waals surface area contributed by atoms with E-state index in [0.29, 0.717) is 16.1 Å². The fourth-order valence-corrected chi connectivity index (χ4v) is 4.34. The van der Waals surface area contributed by atoms with Crippen molar-refractivity contribution < 1.29 is 9.59 Å². The van der Waals surface area contributed by atoms with Gasteiger partial charge in [0.2, 0.25) is 5.91 Å². The Balaban J connectivity index is 1.61. The fraction of sp³-hybridized carbons (Fsp3) is 0.350. The molecular weight excluding hydrogens is 332 g/mol. The van der Waals surface area contributed by atoms with Gasteiger partial charge >= 0.3 is 0 Å². The van der Waals surface area contributed by atoms with Crippen molar-refractivity contribution in [3.05, 3.63) is 50.9 Å². The van der Waals surface area contributed by atoms with Gasteiger partial charge in [0.15, 0.2) is 5.78 Å². The number of rotatable bonds is 5. The predicted molar refractivity (Wildman–Crippen MR) is 99.2 cm³/mol. The third kappa shape index (κ3) is 3.64. The van der Waals surface area contributed by atoms with E-state index in [2.05, 4.69) is 11.4 Å². The minimum atomic E-state index is -0.214. The lowest BCUT2D eigenvalue weighted by Crippen LogP contribution is -2.13. The van der Waals surface area contributed by atoms with E-state index >= 15 is 0 Å². The number of hydrogen-bond donors (Lipinski definition) is 1. The van der Waals surface area contributed by atoms with Crippen LogP contribution in [0.25, 0.3) is 0 Å². The summed E-state index contributed by atoms with van der Waals surface area (Å²) in [5, 5.41) is 12.8. The van der Waals surface area contributed by atoms with Crippen molar-refractivity contribution in [2.75, 3.05) is 5.32 Å². The Morgan fingerprint density at radius 1 is 1.20 bits per heavy atom. The number of ketones is 1. The first-order valence-electron chi connectivity index (χ1n) is 8.44. The lowest BCUT2D eigenvalue weighted by Gasteiger charge is -2.06. The smallest absolute Gasteiger partial charge is 0.225 e. The molecule has 0 spiro atoms. The maximum Gasteiger partial charge on any atom is 0.225 e. The van der Waals surface area contributed by atoms with E-state index in [9.17, 15) is 14.9 Å². The second-order valence-electron chi connectivity index (χ2n) is 6.44. The van der Waals surface area contributed by atoms with Gasteiger partial charge in [-0.1, -0.05) is 12.1 Å². The third-order valence-corrected chi connectivity index (χ3v) is 5.90. The number of carbonyl (C=O) groups is 2. The Kier molecular flexibility index (Phi) is 5.00. The SMILES string of the molecule is Cc1ccc(C(=O)CCC(=O)Nc2sc3c(c2C#N)CCC3)cc1C. The second-order valence-corrected chi connectivity index (χ2v) is 7.55. The molecule has 25 heavy (non-hydrogen) atoms. The molecule has 1 aromatic carbocycles. The summed E-state index contributed by atoms with van der Waals surface area (Å²) in [6.07, 6.45) is 3.26. The number of anilines is 1. The number of Topliss-reactive ketones (excluding diaryl/α,β-unsaturated/α-hetero) is 1. The summed E-state index contributed by atoms with van der Waals surface area (Å²) in [5.74, 6) is -0.249. The van der Waals surface area contributed by atoms with E-state index in [1.54, 1.807) is 6.07 Å². The van der Waals surface area contributed by atoms with Crippen LogP contribution in [-0.2, 0) is 17.6 Å². The summed E-state index contributed by atoms with van der Waals surface area (Å²) in [7, 11) is 0. The van der Waals surface area contributed by atoms with E-state index in [-0.39, 0.29) is 24.5 Å². The number of carbonyl (C=O) groups excluding carboxylic acids is 2. The first kappa shape index (κ1) is 17.4. The van der Waals surface area contributed by atoms with Crippen molar-refractivity contribution in [2.45, 2.75) is 46.0 Å². The van der Waals surface area contributed by atoms with Gasteiger partial charge in [-0.2, -0.15) is 5.26 Å². The second kappa shape index (κ2) is 7.20. The number of aryl methyl sites for hydroxylation is 3. The predicted octanol–water partition coefficient (Wildman–Crippen LogP) is 4.33. The third-order valence-electron chi connectivity index (χ3n) is 4.69. The summed E-state index contributed by atoms with van der Waals surface area (Å²) in [4.78, 5) is 25.7. The highest BCUT2D eigenvalue weighted by Gasteiger charge is 2.23. The molecule has 0 unspecified atom stereocenters. The van der Waals surface area contributed by atoms with Crippen LogP contribution >= 0.6 is 11.3 Å². The zero-order valence-corrected chi connectivity index (χ0v) is 15.3. The maximum atomic E-state index is 12.3. The van der Waals surface area contributed by atoms with E-state index < -0.39 is 0 Å². The summed E-state index contributed by atoms with van der Waals surface area (Å²) in [5.41, 5.74) is 4.55. The van der Waals surface area contributed by atoms with Crippen LogP contribution in [-0.4, -0.2) is 11.7 Å². The molecule has 0 saturated carbocycles. The summed E-state index contributed by atoms with van der Waals surface area (Å²) < 4.78 is 0. The molecule has 0 atom stereocenters. The van der Waals surface area contributed by atoms with Gasteiger partial charge in [0, 0.05) is 23.3 Å². The van der Waals surface area contributed by atoms with E-state index in [1.165, 1.54) is 16.2 Å². The fourth-order valence-electron chi connectivity index (χ4n) is 3.09. The zero-order valence-electron chi connectivity index (χ0n) is 14.4. The standard InChI is InChI=1S/C20H20N2O2S/c1-12-6-7-14(10-13(12)2)17(23)8-9-19(24)22-20-16(11-21)15-4-3-5-18(15)25-20/h6-7,10H,3-5,8-9H2,1-2H3,(H,22,24). The molecule has 3 rings (SSSR count). The highest BCUT2D eigenvalue weighted by molar-refractivity contribution is 7.16. The molecule has 0 bridgehead atoms. The van der Waals surface area contributed by atoms with Crippen molar-refractivity contribution in [1.29, 1.82) is 5.26 Å². The van der Waals surface area contributed by atoms with E-state index in [0.717, 1.165) is 36.0 Å². The molecule has 5 heteroatoms. The molecule has 1 aromatic heterocycles. The van der Waals surface area contributed by atoms with Crippen LogP contribution in [0.3, 0.4) is 0 Å². The Bertz CT molecular complexity index is 890. The van der Waals surface area contributed by atoms with Gasteiger partial charge in [-0.25, -0.2) is 0 Å². The van der Waals surface area contributed by atoms with Crippen molar-refractivity contribution in [1.82, 2.24) is 0 Å². The topological polar surface area (TPSA) is 70.0 Å². The molecule has 1 heterocycles. The Morgan fingerprint density at radius 3 is 2.72 bits per heavy atom. The molecule has 1 N–H and O–H groups in total. The van der Waals surface area contributed by atoms with E-state index in [4.69, 9.17) is 0 Å². The lowest BCUT2D eigenvalue weighted by molar-refractivity contribution is -0.116. The lowest BCUT2D eigenvalue weighted by atomic mass is 10.0. The normalized spacial score (nSPS) is 12.5. The van der Waals surface area contributed by atoms with Crippen LogP contribution in [0, 0.1) is 25.2 Å². The molecule has 0 fully saturated rings. The highest BCUT2D eigenvalue weighted by Crippen LogP contribution is 2.38. The quantitative estimate of drug-likeness (QED) is 0.814. The van der Waals surface area contributed by atoms with Gasteiger partial charge in [0.05, 0.1) is 5.56 Å². The largest absolute Gasteiger partial charge is 0.317 e. The molecule has 0 saturated heterocycles. The molecule has 1 amide bonds. The van der Waals surface area contributed by atoms with E-state index in [1.807, 2.05) is 26.0 Å². The van der Waals surface area contributed by atoms with Gasteiger partial charge in [0.25, 0.3) is 0 Å². The molecule has 1 aliphatic rings. The van der Waals surface area contributed by atoms with Gasteiger partial charge in [0.1, 0.15) is 11.1 Å². The Hall–Kier alpha value is -2.45. The van der Waals surface area contributed by atoms with Crippen LogP contribution in [0.1, 0.15) is 56.8 Å². The summed E-state index contributed by atoms with van der Waals surface area (Å²) in [6.45, 7) is 3.97. The molecule has 0 radical (unpaired) electrons. The number of hydrogen-bond acceptors (Lipinski definition) is 4. The average molecular weight is 352 g/mol. The van der Waals surface area contributed by atoms with Crippen molar-refractivity contribution in [3.63, 3.8) is 0 Å². The van der Waals surface area contributed by atoms with Gasteiger partial charge < -0.3 is 5.32 Å². The van der Waals surface area contributed by atoms with Crippen LogP contribution < -0.4 is 5.32 Å². The molecule has 4 nitrogen and oxygen atoms in total. The number of fused-ring (bicyclic) bond motifs is 1. The zero-order chi connectivity index (χ0) is 18.0. The van der Waals surface area contributed by atoms with Crippen molar-refractivity contribution in [2.24, 2.45) is 0 Å².